The first-order valence-electron chi connectivity index (χ1n) is 8.30. The molecule has 0 radical (unpaired) electrons. The van der Waals surface area contributed by atoms with Crippen molar-refractivity contribution >= 4 is 28.2 Å². The van der Waals surface area contributed by atoms with Crippen LogP contribution in [0.1, 0.15) is 33.2 Å². The summed E-state index contributed by atoms with van der Waals surface area (Å²) >= 11 is 1.31. The molecule has 0 fully saturated rings. The zero-order chi connectivity index (χ0) is 19.2. The number of nitriles is 1. The van der Waals surface area contributed by atoms with E-state index in [1.165, 1.54) is 11.3 Å². The number of benzene rings is 2. The Hall–Kier alpha value is -3.43. The van der Waals surface area contributed by atoms with E-state index in [-0.39, 0.29) is 12.5 Å². The van der Waals surface area contributed by atoms with Crippen LogP contribution in [0.25, 0.3) is 10.4 Å². The molecule has 134 valence electrons. The number of hydrogen-bond donors (Lipinski definition) is 1. The maximum absolute atomic E-state index is 12.6. The molecule has 0 saturated carbocycles. The van der Waals surface area contributed by atoms with Crippen LogP contribution < -0.4 is 5.32 Å². The molecular formula is C21H16N2O3S. The first-order valence-corrected chi connectivity index (χ1v) is 9.12. The fourth-order valence-electron chi connectivity index (χ4n) is 2.46. The van der Waals surface area contributed by atoms with Crippen LogP contribution in [0.2, 0.25) is 0 Å². The summed E-state index contributed by atoms with van der Waals surface area (Å²) in [5.41, 5.74) is 2.15. The molecule has 3 rings (SSSR count). The van der Waals surface area contributed by atoms with Crippen molar-refractivity contribution in [2.45, 2.75) is 6.92 Å². The van der Waals surface area contributed by atoms with Gasteiger partial charge in [0.2, 0.25) is 0 Å². The van der Waals surface area contributed by atoms with Crippen molar-refractivity contribution in [2.24, 2.45) is 0 Å². The minimum atomic E-state index is -0.481. The molecule has 6 heteroatoms. The Bertz CT molecular complexity index is 1000. The van der Waals surface area contributed by atoms with Gasteiger partial charge in [0, 0.05) is 10.4 Å². The van der Waals surface area contributed by atoms with Crippen molar-refractivity contribution in [3.63, 3.8) is 0 Å². The number of thiophene rings is 1. The van der Waals surface area contributed by atoms with E-state index in [4.69, 9.17) is 10.00 Å². The molecule has 0 bridgehead atoms. The Kier molecular flexibility index (Phi) is 5.64. The molecule has 0 aliphatic heterocycles. The molecule has 0 atom stereocenters. The molecule has 0 unspecified atom stereocenters. The monoisotopic (exact) mass is 376 g/mol. The third kappa shape index (κ3) is 4.22. The van der Waals surface area contributed by atoms with Gasteiger partial charge in [0.05, 0.1) is 23.8 Å². The molecule has 1 amide bonds. The lowest BCUT2D eigenvalue weighted by molar-refractivity contribution is 0.0528. The maximum atomic E-state index is 12.6. The predicted octanol–water partition coefficient (Wildman–Crippen LogP) is 4.72. The Labute approximate surface area is 160 Å². The first-order chi connectivity index (χ1) is 13.1. The van der Waals surface area contributed by atoms with E-state index in [1.54, 1.807) is 37.3 Å². The van der Waals surface area contributed by atoms with Crippen LogP contribution >= 0.6 is 11.3 Å². The summed E-state index contributed by atoms with van der Waals surface area (Å²) in [5.74, 6) is -0.836. The van der Waals surface area contributed by atoms with Crippen molar-refractivity contribution < 1.29 is 14.3 Å². The van der Waals surface area contributed by atoms with E-state index in [0.29, 0.717) is 21.7 Å². The molecule has 0 spiro atoms. The summed E-state index contributed by atoms with van der Waals surface area (Å²) in [4.78, 5) is 25.7. The minimum absolute atomic E-state index is 0.248. The van der Waals surface area contributed by atoms with Crippen LogP contribution in [-0.2, 0) is 4.74 Å². The van der Waals surface area contributed by atoms with Crippen molar-refractivity contribution in [3.05, 3.63) is 77.4 Å². The number of rotatable bonds is 5. The SMILES string of the molecule is CCOC(=O)c1cc(-c2ccccc2)sc1NC(=O)c1ccc(C#N)cc1. The summed E-state index contributed by atoms with van der Waals surface area (Å²) in [6.07, 6.45) is 0. The number of nitrogens with one attached hydrogen (secondary N) is 1. The smallest absolute Gasteiger partial charge is 0.341 e. The average molecular weight is 376 g/mol. The molecule has 0 aliphatic carbocycles. The van der Waals surface area contributed by atoms with Crippen LogP contribution in [0.5, 0.6) is 0 Å². The topological polar surface area (TPSA) is 79.2 Å². The first kappa shape index (κ1) is 18.4. The van der Waals surface area contributed by atoms with Gasteiger partial charge in [-0.2, -0.15) is 5.26 Å². The molecule has 27 heavy (non-hydrogen) atoms. The lowest BCUT2D eigenvalue weighted by Crippen LogP contribution is -2.14. The van der Waals surface area contributed by atoms with Gasteiger partial charge in [0.15, 0.2) is 0 Å². The largest absolute Gasteiger partial charge is 0.462 e. The normalized spacial score (nSPS) is 10.1. The molecule has 1 N–H and O–H groups in total. The van der Waals surface area contributed by atoms with Crippen LogP contribution in [0.3, 0.4) is 0 Å². The quantitative estimate of drug-likeness (QED) is 0.654. The van der Waals surface area contributed by atoms with E-state index < -0.39 is 5.97 Å². The Morgan fingerprint density at radius 1 is 1.11 bits per heavy atom. The fourth-order valence-corrected chi connectivity index (χ4v) is 3.51. The zero-order valence-electron chi connectivity index (χ0n) is 14.6. The molecule has 2 aromatic carbocycles. The standard InChI is InChI=1S/C21H16N2O3S/c1-2-26-21(25)17-12-18(15-6-4-3-5-7-15)27-20(17)23-19(24)16-10-8-14(13-22)9-11-16/h3-12H,2H2,1H3,(H,23,24). The van der Waals surface area contributed by atoms with Gasteiger partial charge in [-0.1, -0.05) is 30.3 Å². The van der Waals surface area contributed by atoms with Crippen molar-refractivity contribution in [1.29, 1.82) is 5.26 Å². The van der Waals surface area contributed by atoms with Crippen molar-refractivity contribution in [3.8, 4) is 16.5 Å². The van der Waals surface area contributed by atoms with Gasteiger partial charge in [-0.25, -0.2) is 4.79 Å². The Morgan fingerprint density at radius 3 is 2.44 bits per heavy atom. The minimum Gasteiger partial charge on any atom is -0.462 e. The van der Waals surface area contributed by atoms with Gasteiger partial charge in [0.1, 0.15) is 5.00 Å². The number of hydrogen-bond acceptors (Lipinski definition) is 5. The number of carbonyl (C=O) groups is 2. The third-order valence-corrected chi connectivity index (χ3v) is 4.89. The third-order valence-electron chi connectivity index (χ3n) is 3.79. The zero-order valence-corrected chi connectivity index (χ0v) is 15.4. The molecule has 3 aromatic rings. The van der Waals surface area contributed by atoms with E-state index >= 15 is 0 Å². The summed E-state index contributed by atoms with van der Waals surface area (Å²) in [7, 11) is 0. The summed E-state index contributed by atoms with van der Waals surface area (Å²) in [6, 6.07) is 19.6. The number of nitrogens with zero attached hydrogens (tertiary/aromatic N) is 1. The number of carbonyl (C=O) groups excluding carboxylic acids is 2. The van der Waals surface area contributed by atoms with Gasteiger partial charge in [-0.3, -0.25) is 4.79 Å². The van der Waals surface area contributed by atoms with Crippen LogP contribution in [0.15, 0.2) is 60.7 Å². The highest BCUT2D eigenvalue weighted by Crippen LogP contribution is 2.36. The number of anilines is 1. The number of ether oxygens (including phenoxy) is 1. The second-order valence-electron chi connectivity index (χ2n) is 5.58. The summed E-state index contributed by atoms with van der Waals surface area (Å²) in [6.45, 7) is 1.98. The van der Waals surface area contributed by atoms with Gasteiger partial charge in [0.25, 0.3) is 5.91 Å². The highest BCUT2D eigenvalue weighted by Gasteiger charge is 2.20. The molecule has 1 heterocycles. The maximum Gasteiger partial charge on any atom is 0.341 e. The number of amides is 1. The van der Waals surface area contributed by atoms with E-state index in [1.807, 2.05) is 36.4 Å². The highest BCUT2D eigenvalue weighted by molar-refractivity contribution is 7.20. The summed E-state index contributed by atoms with van der Waals surface area (Å²) in [5, 5.41) is 12.1. The highest BCUT2D eigenvalue weighted by atomic mass is 32.1. The van der Waals surface area contributed by atoms with Gasteiger partial charge >= 0.3 is 5.97 Å². The number of esters is 1. The van der Waals surface area contributed by atoms with Crippen LogP contribution in [0, 0.1) is 11.3 Å². The van der Waals surface area contributed by atoms with Gasteiger partial charge < -0.3 is 10.1 Å². The molecule has 0 aliphatic rings. The van der Waals surface area contributed by atoms with Crippen molar-refractivity contribution in [1.82, 2.24) is 0 Å². The molecule has 5 nitrogen and oxygen atoms in total. The Morgan fingerprint density at radius 2 is 1.81 bits per heavy atom. The average Bonchev–Trinajstić information content (AvgIpc) is 3.13. The summed E-state index contributed by atoms with van der Waals surface area (Å²) < 4.78 is 5.12. The second-order valence-corrected chi connectivity index (χ2v) is 6.64. The molecular weight excluding hydrogens is 360 g/mol. The Balaban J connectivity index is 1.92. The van der Waals surface area contributed by atoms with E-state index in [2.05, 4.69) is 5.32 Å². The second kappa shape index (κ2) is 8.30. The molecule has 0 saturated heterocycles. The molecule has 1 aromatic heterocycles. The lowest BCUT2D eigenvalue weighted by atomic mass is 10.1. The van der Waals surface area contributed by atoms with E-state index in [9.17, 15) is 9.59 Å². The van der Waals surface area contributed by atoms with Crippen LogP contribution in [0.4, 0.5) is 5.00 Å². The lowest BCUT2D eigenvalue weighted by Gasteiger charge is -2.06. The van der Waals surface area contributed by atoms with Gasteiger partial charge in [-0.15, -0.1) is 11.3 Å². The van der Waals surface area contributed by atoms with Crippen LogP contribution in [-0.4, -0.2) is 18.5 Å². The van der Waals surface area contributed by atoms with E-state index in [0.717, 1.165) is 10.4 Å². The fraction of sp³-hybridized carbons (Fsp3) is 0.0952. The van der Waals surface area contributed by atoms with Crippen molar-refractivity contribution in [2.75, 3.05) is 11.9 Å². The van der Waals surface area contributed by atoms with Gasteiger partial charge in [-0.05, 0) is 42.8 Å². The predicted molar refractivity (Wildman–Crippen MR) is 105 cm³/mol.